The van der Waals surface area contributed by atoms with Gasteiger partial charge in [-0.15, -0.1) is 0 Å². The van der Waals surface area contributed by atoms with Crippen molar-refractivity contribution >= 4 is 5.97 Å². The van der Waals surface area contributed by atoms with Crippen molar-refractivity contribution in [1.29, 1.82) is 0 Å². The van der Waals surface area contributed by atoms with E-state index in [0.29, 0.717) is 12.2 Å². The van der Waals surface area contributed by atoms with E-state index in [2.05, 4.69) is 13.5 Å². The minimum Gasteiger partial charge on any atom is -0.462 e. The van der Waals surface area contributed by atoms with E-state index >= 15 is 0 Å². The largest absolute Gasteiger partial charge is 0.462 e. The molecule has 0 radical (unpaired) electrons. The lowest BCUT2D eigenvalue weighted by atomic mass is 10.1. The third kappa shape index (κ3) is 3.92. The van der Waals surface area contributed by atoms with Crippen molar-refractivity contribution < 1.29 is 14.3 Å². The van der Waals surface area contributed by atoms with Crippen LogP contribution in [0.1, 0.15) is 33.1 Å². The van der Waals surface area contributed by atoms with Crippen molar-refractivity contribution in [3.8, 4) is 0 Å². The summed E-state index contributed by atoms with van der Waals surface area (Å²) in [6.07, 6.45) is 3.00. The van der Waals surface area contributed by atoms with Gasteiger partial charge in [-0.1, -0.05) is 6.58 Å². The van der Waals surface area contributed by atoms with Gasteiger partial charge in [0.25, 0.3) is 0 Å². The highest BCUT2D eigenvalue weighted by Crippen LogP contribution is 2.31. The van der Waals surface area contributed by atoms with Crippen molar-refractivity contribution in [1.82, 2.24) is 0 Å². The summed E-state index contributed by atoms with van der Waals surface area (Å²) in [5.41, 5.74) is 0.584. The van der Waals surface area contributed by atoms with Gasteiger partial charge in [-0.05, 0) is 33.1 Å². The van der Waals surface area contributed by atoms with Crippen LogP contribution in [0.25, 0.3) is 0 Å². The molecule has 0 aliphatic carbocycles. The van der Waals surface area contributed by atoms with Crippen LogP contribution >= 0.6 is 0 Å². The summed E-state index contributed by atoms with van der Waals surface area (Å²) in [7, 11) is 0. The maximum atomic E-state index is 11.0. The number of epoxide rings is 1. The van der Waals surface area contributed by atoms with Gasteiger partial charge in [0.1, 0.15) is 0 Å². The molecule has 3 nitrogen and oxygen atoms in total. The van der Waals surface area contributed by atoms with Crippen molar-refractivity contribution in [3.63, 3.8) is 0 Å². The molecule has 0 spiro atoms. The molecule has 1 fully saturated rings. The highest BCUT2D eigenvalue weighted by Gasteiger charge is 2.37. The predicted molar refractivity (Wildman–Crippen MR) is 54.0 cm³/mol. The Bertz CT molecular complexity index is 229. The molecule has 0 bridgehead atoms. The molecule has 1 saturated heterocycles. The summed E-state index contributed by atoms with van der Waals surface area (Å²) in [6, 6.07) is 0. The van der Waals surface area contributed by atoms with Gasteiger partial charge in [0.15, 0.2) is 0 Å². The average Bonchev–Trinajstić information content (AvgIpc) is 2.83. The molecule has 0 saturated carbocycles. The number of hydrogen-bond acceptors (Lipinski definition) is 3. The molecule has 0 aromatic heterocycles. The van der Waals surface area contributed by atoms with Crippen LogP contribution in [0.15, 0.2) is 12.2 Å². The van der Waals surface area contributed by atoms with Crippen LogP contribution in [0.2, 0.25) is 0 Å². The number of rotatable bonds is 6. The predicted octanol–water partition coefficient (Wildman–Crippen LogP) is 2.06. The van der Waals surface area contributed by atoms with Gasteiger partial charge >= 0.3 is 5.97 Å². The van der Waals surface area contributed by atoms with Gasteiger partial charge in [-0.3, -0.25) is 0 Å². The van der Waals surface area contributed by atoms with E-state index in [1.807, 2.05) is 0 Å². The first-order valence-corrected chi connectivity index (χ1v) is 5.00. The standard InChI is InChI=1S/C11H18O3/c1-9(2)10(12)13-7-5-4-6-11(3)8-14-11/h1,4-8H2,2-3H3. The van der Waals surface area contributed by atoms with Crippen LogP contribution in [0.3, 0.4) is 0 Å². The summed E-state index contributed by atoms with van der Waals surface area (Å²) in [4.78, 5) is 11.0. The minimum absolute atomic E-state index is 0.123. The van der Waals surface area contributed by atoms with Crippen molar-refractivity contribution in [2.45, 2.75) is 38.7 Å². The molecule has 1 unspecified atom stereocenters. The first-order valence-electron chi connectivity index (χ1n) is 5.00. The van der Waals surface area contributed by atoms with Crippen LogP contribution < -0.4 is 0 Å². The quantitative estimate of drug-likeness (QED) is 0.284. The number of carbonyl (C=O) groups is 1. The first kappa shape index (κ1) is 11.2. The van der Waals surface area contributed by atoms with Crippen LogP contribution in [0.5, 0.6) is 0 Å². The molecule has 14 heavy (non-hydrogen) atoms. The molecule has 1 atom stereocenters. The molecule has 1 aliphatic heterocycles. The summed E-state index contributed by atoms with van der Waals surface area (Å²) in [6.45, 7) is 8.63. The zero-order valence-corrected chi connectivity index (χ0v) is 8.97. The lowest BCUT2D eigenvalue weighted by molar-refractivity contribution is -0.139. The average molecular weight is 198 g/mol. The van der Waals surface area contributed by atoms with E-state index in [1.165, 1.54) is 0 Å². The van der Waals surface area contributed by atoms with E-state index in [1.54, 1.807) is 6.92 Å². The maximum Gasteiger partial charge on any atom is 0.333 e. The van der Waals surface area contributed by atoms with Crippen molar-refractivity contribution in [2.75, 3.05) is 13.2 Å². The van der Waals surface area contributed by atoms with Crippen LogP contribution in [0.4, 0.5) is 0 Å². The number of unbranched alkanes of at least 4 members (excludes halogenated alkanes) is 1. The number of ether oxygens (including phenoxy) is 2. The SMILES string of the molecule is C=C(C)C(=O)OCCCCC1(C)CO1. The smallest absolute Gasteiger partial charge is 0.333 e. The van der Waals surface area contributed by atoms with Gasteiger partial charge in [0.2, 0.25) is 0 Å². The molecule has 1 aliphatic rings. The fourth-order valence-electron chi connectivity index (χ4n) is 1.16. The molecule has 1 heterocycles. The summed E-state index contributed by atoms with van der Waals surface area (Å²) < 4.78 is 10.2. The fraction of sp³-hybridized carbons (Fsp3) is 0.727. The summed E-state index contributed by atoms with van der Waals surface area (Å²) in [5.74, 6) is -0.293. The molecule has 0 aromatic rings. The monoisotopic (exact) mass is 198 g/mol. The molecule has 3 heteroatoms. The second kappa shape index (κ2) is 4.60. The van der Waals surface area contributed by atoms with E-state index < -0.39 is 0 Å². The van der Waals surface area contributed by atoms with E-state index in [4.69, 9.17) is 9.47 Å². The third-order valence-corrected chi connectivity index (χ3v) is 2.32. The highest BCUT2D eigenvalue weighted by molar-refractivity contribution is 5.86. The van der Waals surface area contributed by atoms with Crippen LogP contribution in [-0.2, 0) is 14.3 Å². The Kier molecular flexibility index (Phi) is 3.69. The number of carbonyl (C=O) groups excluding carboxylic acids is 1. The Hall–Kier alpha value is -0.830. The second-order valence-electron chi connectivity index (χ2n) is 4.11. The molecular weight excluding hydrogens is 180 g/mol. The number of hydrogen-bond donors (Lipinski definition) is 0. The fourth-order valence-corrected chi connectivity index (χ4v) is 1.16. The van der Waals surface area contributed by atoms with Crippen LogP contribution in [0, 0.1) is 0 Å². The molecule has 80 valence electrons. The van der Waals surface area contributed by atoms with E-state index in [9.17, 15) is 4.79 Å². The minimum atomic E-state index is -0.293. The zero-order valence-electron chi connectivity index (χ0n) is 8.97. The Morgan fingerprint density at radius 1 is 1.57 bits per heavy atom. The van der Waals surface area contributed by atoms with Gasteiger partial charge in [0, 0.05) is 5.57 Å². The summed E-state index contributed by atoms with van der Waals surface area (Å²) in [5, 5.41) is 0. The lowest BCUT2D eigenvalue weighted by Gasteiger charge is -2.05. The van der Waals surface area contributed by atoms with Crippen LogP contribution in [-0.4, -0.2) is 24.8 Å². The lowest BCUT2D eigenvalue weighted by Crippen LogP contribution is -2.08. The van der Waals surface area contributed by atoms with Crippen molar-refractivity contribution in [2.24, 2.45) is 0 Å². The third-order valence-electron chi connectivity index (χ3n) is 2.32. The Labute approximate surface area is 85.1 Å². The summed E-state index contributed by atoms with van der Waals surface area (Å²) >= 11 is 0. The van der Waals surface area contributed by atoms with Gasteiger partial charge in [0.05, 0.1) is 18.8 Å². The second-order valence-corrected chi connectivity index (χ2v) is 4.11. The normalized spacial score (nSPS) is 24.4. The molecular formula is C11H18O3. The number of esters is 1. The highest BCUT2D eigenvalue weighted by atomic mass is 16.6. The maximum absolute atomic E-state index is 11.0. The van der Waals surface area contributed by atoms with Gasteiger partial charge < -0.3 is 9.47 Å². The van der Waals surface area contributed by atoms with Gasteiger partial charge in [-0.25, -0.2) is 4.79 Å². The van der Waals surface area contributed by atoms with E-state index in [-0.39, 0.29) is 11.6 Å². The van der Waals surface area contributed by atoms with Crippen molar-refractivity contribution in [3.05, 3.63) is 12.2 Å². The van der Waals surface area contributed by atoms with Gasteiger partial charge in [-0.2, -0.15) is 0 Å². The first-order chi connectivity index (χ1) is 6.53. The Morgan fingerprint density at radius 2 is 2.21 bits per heavy atom. The molecule has 0 aromatic carbocycles. The topological polar surface area (TPSA) is 38.8 Å². The van der Waals surface area contributed by atoms with E-state index in [0.717, 1.165) is 25.9 Å². The zero-order chi connectivity index (χ0) is 10.6. The molecule has 0 N–H and O–H groups in total. The Morgan fingerprint density at radius 3 is 2.71 bits per heavy atom. The molecule has 0 amide bonds. The Balaban J connectivity index is 1.94. The molecule has 1 rings (SSSR count).